The van der Waals surface area contributed by atoms with E-state index in [2.05, 4.69) is 34.0 Å². The summed E-state index contributed by atoms with van der Waals surface area (Å²) in [6.45, 7) is 2.79. The van der Waals surface area contributed by atoms with Gasteiger partial charge < -0.3 is 4.90 Å². The second kappa shape index (κ2) is 5.61. The van der Waals surface area contributed by atoms with Crippen LogP contribution in [0.1, 0.15) is 33.9 Å². The van der Waals surface area contributed by atoms with Gasteiger partial charge >= 0.3 is 0 Å². The van der Waals surface area contributed by atoms with Gasteiger partial charge in [-0.25, -0.2) is 4.52 Å². The fourth-order valence-electron chi connectivity index (χ4n) is 3.02. The summed E-state index contributed by atoms with van der Waals surface area (Å²) in [7, 11) is 0. The van der Waals surface area contributed by atoms with E-state index in [1.165, 1.54) is 10.4 Å². The van der Waals surface area contributed by atoms with Crippen LogP contribution in [0.2, 0.25) is 5.02 Å². The summed E-state index contributed by atoms with van der Waals surface area (Å²) in [5, 5.41) is 4.98. The van der Waals surface area contributed by atoms with Crippen molar-refractivity contribution in [1.82, 2.24) is 14.5 Å². The van der Waals surface area contributed by atoms with Crippen molar-refractivity contribution in [2.24, 2.45) is 0 Å². The van der Waals surface area contributed by atoms with E-state index in [4.69, 9.17) is 11.6 Å². The molecule has 0 radical (unpaired) electrons. The zero-order valence-electron chi connectivity index (χ0n) is 12.3. The summed E-state index contributed by atoms with van der Waals surface area (Å²) in [6, 6.07) is 7.69. The lowest BCUT2D eigenvalue weighted by Crippen LogP contribution is -2.38. The van der Waals surface area contributed by atoms with Crippen LogP contribution in [-0.2, 0) is 6.42 Å². The van der Waals surface area contributed by atoms with Crippen molar-refractivity contribution in [3.63, 3.8) is 0 Å². The number of carbonyl (C=O) groups is 1. The predicted octanol–water partition coefficient (Wildman–Crippen LogP) is 4.57. The van der Waals surface area contributed by atoms with Crippen LogP contribution in [0.5, 0.6) is 0 Å². The average molecular weight is 411 g/mol. The van der Waals surface area contributed by atoms with Crippen molar-refractivity contribution >= 4 is 50.3 Å². The van der Waals surface area contributed by atoms with E-state index in [1.807, 2.05) is 17.0 Å². The first kappa shape index (κ1) is 15.2. The smallest absolute Gasteiger partial charge is 0.274 e. The van der Waals surface area contributed by atoms with Gasteiger partial charge in [0.1, 0.15) is 0 Å². The highest BCUT2D eigenvalue weighted by molar-refractivity contribution is 9.11. The summed E-state index contributed by atoms with van der Waals surface area (Å²) in [6.07, 6.45) is 2.59. The fourth-order valence-corrected chi connectivity index (χ4v) is 4.98. The van der Waals surface area contributed by atoms with Gasteiger partial charge in [0, 0.05) is 17.6 Å². The zero-order valence-corrected chi connectivity index (χ0v) is 15.5. The molecule has 1 aliphatic rings. The Labute approximate surface area is 150 Å². The molecule has 3 aromatic heterocycles. The van der Waals surface area contributed by atoms with Crippen LogP contribution < -0.4 is 0 Å². The van der Waals surface area contributed by atoms with E-state index in [1.54, 1.807) is 28.1 Å². The van der Waals surface area contributed by atoms with Gasteiger partial charge in [0.2, 0.25) is 0 Å². The molecule has 0 spiro atoms. The number of rotatable bonds is 1. The minimum absolute atomic E-state index is 0.0347. The zero-order chi connectivity index (χ0) is 16.1. The molecule has 23 heavy (non-hydrogen) atoms. The Kier molecular flexibility index (Phi) is 3.70. The summed E-state index contributed by atoms with van der Waals surface area (Å²) >= 11 is 11.2. The Hall–Kier alpha value is -1.37. The van der Waals surface area contributed by atoms with Gasteiger partial charge in [-0.2, -0.15) is 5.10 Å². The second-order valence-corrected chi connectivity index (χ2v) is 8.51. The van der Waals surface area contributed by atoms with Crippen LogP contribution in [-0.4, -0.2) is 27.0 Å². The molecule has 0 bridgehead atoms. The molecule has 1 amide bonds. The molecule has 118 valence electrons. The SMILES string of the molecule is CC1c2sc(Br)cc2CCN1C(=O)c1cc2ccc(Cl)cn2n1. The molecule has 1 atom stereocenters. The van der Waals surface area contributed by atoms with Crippen LogP contribution in [0.4, 0.5) is 0 Å². The molecule has 7 heteroatoms. The van der Waals surface area contributed by atoms with Crippen molar-refractivity contribution in [1.29, 1.82) is 0 Å². The molecule has 0 saturated heterocycles. The van der Waals surface area contributed by atoms with E-state index < -0.39 is 0 Å². The molecule has 0 fully saturated rings. The number of fused-ring (bicyclic) bond motifs is 2. The van der Waals surface area contributed by atoms with E-state index in [0.717, 1.165) is 15.7 Å². The molecule has 0 saturated carbocycles. The maximum atomic E-state index is 12.9. The topological polar surface area (TPSA) is 37.6 Å². The molecule has 4 heterocycles. The molecule has 0 aromatic carbocycles. The molecular formula is C16H13BrClN3OS. The lowest BCUT2D eigenvalue weighted by molar-refractivity contribution is 0.0675. The summed E-state index contributed by atoms with van der Waals surface area (Å²) in [5.41, 5.74) is 2.65. The van der Waals surface area contributed by atoms with Crippen molar-refractivity contribution in [3.8, 4) is 0 Å². The van der Waals surface area contributed by atoms with E-state index in [-0.39, 0.29) is 11.9 Å². The van der Waals surface area contributed by atoms with Gasteiger partial charge in [0.25, 0.3) is 5.91 Å². The largest absolute Gasteiger partial charge is 0.329 e. The Morgan fingerprint density at radius 2 is 2.26 bits per heavy atom. The summed E-state index contributed by atoms with van der Waals surface area (Å²) < 4.78 is 2.77. The number of hydrogen-bond donors (Lipinski definition) is 0. The Morgan fingerprint density at radius 1 is 1.43 bits per heavy atom. The molecule has 0 aliphatic carbocycles. The number of thiophene rings is 1. The average Bonchev–Trinajstić information content (AvgIpc) is 3.09. The predicted molar refractivity (Wildman–Crippen MR) is 95.4 cm³/mol. The third-order valence-electron chi connectivity index (χ3n) is 4.18. The normalized spacial score (nSPS) is 17.5. The van der Waals surface area contributed by atoms with Gasteiger partial charge in [-0.05, 0) is 59.1 Å². The van der Waals surface area contributed by atoms with Crippen molar-refractivity contribution in [3.05, 3.63) is 55.4 Å². The number of halogens is 2. The molecule has 1 aliphatic heterocycles. The lowest BCUT2D eigenvalue weighted by atomic mass is 10.0. The first-order valence-electron chi connectivity index (χ1n) is 7.27. The number of nitrogens with zero attached hydrogens (tertiary/aromatic N) is 3. The minimum atomic E-state index is -0.0347. The van der Waals surface area contributed by atoms with Crippen molar-refractivity contribution in [2.75, 3.05) is 6.54 Å². The van der Waals surface area contributed by atoms with Gasteiger partial charge in [-0.15, -0.1) is 11.3 Å². The van der Waals surface area contributed by atoms with Crippen molar-refractivity contribution in [2.45, 2.75) is 19.4 Å². The minimum Gasteiger partial charge on any atom is -0.329 e. The van der Waals surface area contributed by atoms with Crippen molar-refractivity contribution < 1.29 is 4.79 Å². The van der Waals surface area contributed by atoms with E-state index in [9.17, 15) is 4.79 Å². The number of carbonyl (C=O) groups excluding carboxylic acids is 1. The van der Waals surface area contributed by atoms with Crippen LogP contribution in [0, 0.1) is 0 Å². The Balaban J connectivity index is 1.68. The third kappa shape index (κ3) is 2.58. The summed E-state index contributed by atoms with van der Waals surface area (Å²) in [4.78, 5) is 16.0. The standard InChI is InChI=1S/C16H13BrClN3OS/c1-9-15-10(6-14(17)23-15)4-5-20(9)16(22)13-7-12-3-2-11(18)8-21(12)19-13/h2-3,6-9H,4-5H2,1H3. The quantitative estimate of drug-likeness (QED) is 0.589. The highest BCUT2D eigenvalue weighted by atomic mass is 79.9. The number of pyridine rings is 1. The van der Waals surface area contributed by atoms with Crippen LogP contribution in [0.15, 0.2) is 34.2 Å². The molecule has 1 unspecified atom stereocenters. The summed E-state index contributed by atoms with van der Waals surface area (Å²) in [5.74, 6) is -0.0347. The first-order valence-corrected chi connectivity index (χ1v) is 9.25. The third-order valence-corrected chi connectivity index (χ3v) is 6.26. The van der Waals surface area contributed by atoms with Gasteiger partial charge in [0.15, 0.2) is 5.69 Å². The molecule has 4 rings (SSSR count). The molecule has 0 N–H and O–H groups in total. The first-order chi connectivity index (χ1) is 11.0. The monoisotopic (exact) mass is 409 g/mol. The van der Waals surface area contributed by atoms with E-state index >= 15 is 0 Å². The van der Waals surface area contributed by atoms with Gasteiger partial charge in [-0.3, -0.25) is 4.79 Å². The van der Waals surface area contributed by atoms with E-state index in [0.29, 0.717) is 17.3 Å². The van der Waals surface area contributed by atoms with Crippen LogP contribution in [0.25, 0.3) is 5.52 Å². The van der Waals surface area contributed by atoms with Gasteiger partial charge in [0.05, 0.1) is 20.4 Å². The maximum absolute atomic E-state index is 12.9. The second-order valence-electron chi connectivity index (χ2n) is 5.61. The van der Waals surface area contributed by atoms with Crippen LogP contribution in [0.3, 0.4) is 0 Å². The lowest BCUT2D eigenvalue weighted by Gasteiger charge is -2.32. The molecule has 4 nitrogen and oxygen atoms in total. The fraction of sp³-hybridized carbons (Fsp3) is 0.250. The Bertz CT molecular complexity index is 919. The highest BCUT2D eigenvalue weighted by Gasteiger charge is 2.31. The number of hydrogen-bond acceptors (Lipinski definition) is 3. The number of amides is 1. The Morgan fingerprint density at radius 3 is 3.09 bits per heavy atom. The molecule has 3 aromatic rings. The van der Waals surface area contributed by atoms with Gasteiger partial charge in [-0.1, -0.05) is 11.6 Å². The molecular weight excluding hydrogens is 398 g/mol. The number of aromatic nitrogens is 2. The van der Waals surface area contributed by atoms with Crippen LogP contribution >= 0.6 is 38.9 Å². The highest BCUT2D eigenvalue weighted by Crippen LogP contribution is 2.38. The maximum Gasteiger partial charge on any atom is 0.274 e.